The van der Waals surface area contributed by atoms with Crippen molar-refractivity contribution in [1.82, 2.24) is 4.31 Å². The molecule has 7 nitrogen and oxygen atoms in total. The quantitative estimate of drug-likeness (QED) is 0.465. The molecule has 0 atom stereocenters. The van der Waals surface area contributed by atoms with E-state index in [2.05, 4.69) is 5.32 Å². The van der Waals surface area contributed by atoms with Gasteiger partial charge in [-0.1, -0.05) is 41.9 Å². The van der Waals surface area contributed by atoms with Crippen molar-refractivity contribution >= 4 is 39.0 Å². The molecule has 1 aliphatic heterocycles. The average molecular weight is 499 g/mol. The zero-order valence-corrected chi connectivity index (χ0v) is 19.8. The number of anilines is 1. The molecule has 176 valence electrons. The number of hydrogen-bond acceptors (Lipinski definition) is 5. The smallest absolute Gasteiger partial charge is 0.262 e. The number of rotatable bonds is 8. The highest BCUT2D eigenvalue weighted by Crippen LogP contribution is 2.25. The van der Waals surface area contributed by atoms with Gasteiger partial charge in [0, 0.05) is 29.2 Å². The van der Waals surface area contributed by atoms with Gasteiger partial charge in [-0.05, 0) is 55.3 Å². The molecule has 0 saturated carbocycles. The second kappa shape index (κ2) is 10.4. The summed E-state index contributed by atoms with van der Waals surface area (Å²) in [5.41, 5.74) is 1.06. The first-order valence-corrected chi connectivity index (χ1v) is 12.6. The van der Waals surface area contributed by atoms with Gasteiger partial charge in [-0.15, -0.1) is 0 Å². The molecule has 1 heterocycles. The van der Waals surface area contributed by atoms with Crippen LogP contribution in [0.4, 0.5) is 5.69 Å². The van der Waals surface area contributed by atoms with E-state index >= 15 is 0 Å². The van der Waals surface area contributed by atoms with Gasteiger partial charge in [0.15, 0.2) is 12.4 Å². The molecule has 1 N–H and O–H groups in total. The van der Waals surface area contributed by atoms with E-state index in [1.165, 1.54) is 34.6 Å². The number of ether oxygens (including phenoxy) is 1. The first kappa shape index (κ1) is 23.9. The largest absolute Gasteiger partial charge is 0.484 e. The maximum absolute atomic E-state index is 12.9. The van der Waals surface area contributed by atoms with Gasteiger partial charge in [0.1, 0.15) is 5.75 Å². The normalized spacial score (nSPS) is 14.0. The van der Waals surface area contributed by atoms with E-state index in [1.807, 2.05) is 6.07 Å². The second-order valence-corrected chi connectivity index (χ2v) is 10.2. The first-order valence-electron chi connectivity index (χ1n) is 10.8. The SMILES string of the molecule is O=C(COc1ccc(S(=O)(=O)N2CCCC2)cc1)Nc1ccc(Cl)cc1C(=O)c1ccccc1. The third-order valence-electron chi connectivity index (χ3n) is 5.43. The summed E-state index contributed by atoms with van der Waals surface area (Å²) in [4.78, 5) is 25.6. The highest BCUT2D eigenvalue weighted by Gasteiger charge is 2.27. The van der Waals surface area contributed by atoms with Crippen molar-refractivity contribution in [3.63, 3.8) is 0 Å². The van der Waals surface area contributed by atoms with E-state index in [9.17, 15) is 18.0 Å². The highest BCUT2D eigenvalue weighted by atomic mass is 35.5. The van der Waals surface area contributed by atoms with E-state index in [1.54, 1.807) is 36.4 Å². The lowest BCUT2D eigenvalue weighted by Gasteiger charge is -2.15. The maximum Gasteiger partial charge on any atom is 0.262 e. The van der Waals surface area contributed by atoms with E-state index in [4.69, 9.17) is 16.3 Å². The number of ketones is 1. The lowest BCUT2D eigenvalue weighted by atomic mass is 10.0. The van der Waals surface area contributed by atoms with Crippen LogP contribution in [0.25, 0.3) is 0 Å². The van der Waals surface area contributed by atoms with Gasteiger partial charge in [-0.2, -0.15) is 4.31 Å². The lowest BCUT2D eigenvalue weighted by Crippen LogP contribution is -2.27. The van der Waals surface area contributed by atoms with Crippen LogP contribution in [0.2, 0.25) is 5.02 Å². The Kier molecular flexibility index (Phi) is 7.31. The highest BCUT2D eigenvalue weighted by molar-refractivity contribution is 7.89. The lowest BCUT2D eigenvalue weighted by molar-refractivity contribution is -0.118. The van der Waals surface area contributed by atoms with E-state index < -0.39 is 15.9 Å². The Morgan fingerprint density at radius 3 is 2.29 bits per heavy atom. The Morgan fingerprint density at radius 2 is 1.62 bits per heavy atom. The fourth-order valence-electron chi connectivity index (χ4n) is 3.68. The van der Waals surface area contributed by atoms with Crippen molar-refractivity contribution in [3.05, 3.63) is 88.9 Å². The van der Waals surface area contributed by atoms with Crippen LogP contribution in [0.3, 0.4) is 0 Å². The van der Waals surface area contributed by atoms with Crippen molar-refractivity contribution in [2.45, 2.75) is 17.7 Å². The minimum Gasteiger partial charge on any atom is -0.484 e. The van der Waals surface area contributed by atoms with Crippen LogP contribution in [-0.4, -0.2) is 44.1 Å². The van der Waals surface area contributed by atoms with Gasteiger partial charge in [0.05, 0.1) is 10.6 Å². The third kappa shape index (κ3) is 5.47. The molecule has 0 bridgehead atoms. The van der Waals surface area contributed by atoms with Gasteiger partial charge in [0.25, 0.3) is 5.91 Å². The standard InChI is InChI=1S/C25H23ClN2O5S/c26-19-8-13-23(22(16-19)25(30)18-6-2-1-3-7-18)27-24(29)17-33-20-9-11-21(12-10-20)34(31,32)28-14-4-5-15-28/h1-3,6-13,16H,4-5,14-15,17H2,(H,27,29). The molecule has 4 rings (SSSR count). The Bertz CT molecular complexity index is 1290. The third-order valence-corrected chi connectivity index (χ3v) is 7.58. The first-order chi connectivity index (χ1) is 16.3. The number of carbonyl (C=O) groups is 2. The molecular formula is C25H23ClN2O5S. The number of sulfonamides is 1. The van der Waals surface area contributed by atoms with Crippen molar-refractivity contribution in [1.29, 1.82) is 0 Å². The number of nitrogens with one attached hydrogen (secondary N) is 1. The fraction of sp³-hybridized carbons (Fsp3) is 0.200. The Morgan fingerprint density at radius 1 is 0.941 bits per heavy atom. The molecule has 1 aliphatic rings. The van der Waals surface area contributed by atoms with Crippen LogP contribution < -0.4 is 10.1 Å². The van der Waals surface area contributed by atoms with Gasteiger partial charge in [0.2, 0.25) is 10.0 Å². The summed E-state index contributed by atoms with van der Waals surface area (Å²) in [6.07, 6.45) is 1.73. The number of benzene rings is 3. The molecular weight excluding hydrogens is 476 g/mol. The van der Waals surface area contributed by atoms with Gasteiger partial charge >= 0.3 is 0 Å². The Balaban J connectivity index is 1.40. The van der Waals surface area contributed by atoms with Crippen LogP contribution in [0.5, 0.6) is 5.75 Å². The molecule has 34 heavy (non-hydrogen) atoms. The zero-order chi connectivity index (χ0) is 24.1. The van der Waals surface area contributed by atoms with Crippen molar-refractivity contribution in [2.75, 3.05) is 25.0 Å². The van der Waals surface area contributed by atoms with Crippen molar-refractivity contribution < 1.29 is 22.7 Å². The zero-order valence-electron chi connectivity index (χ0n) is 18.2. The number of amides is 1. The molecule has 0 spiro atoms. The number of nitrogens with zero attached hydrogens (tertiary/aromatic N) is 1. The van der Waals surface area contributed by atoms with Crippen LogP contribution in [0.15, 0.2) is 77.7 Å². The summed E-state index contributed by atoms with van der Waals surface area (Å²) in [6.45, 7) is 0.736. The summed E-state index contributed by atoms with van der Waals surface area (Å²) < 4.78 is 32.2. The molecule has 0 aromatic heterocycles. The molecule has 0 unspecified atom stereocenters. The van der Waals surface area contributed by atoms with E-state index in [0.717, 1.165) is 12.8 Å². The fourth-order valence-corrected chi connectivity index (χ4v) is 5.37. The Labute approximate surface area is 203 Å². The predicted octanol–water partition coefficient (Wildman–Crippen LogP) is 4.37. The number of halogens is 1. The molecule has 1 fully saturated rings. The van der Waals surface area contributed by atoms with Crippen molar-refractivity contribution in [3.8, 4) is 5.75 Å². The molecule has 0 aliphatic carbocycles. The molecule has 1 amide bonds. The Hall–Kier alpha value is -3.20. The second-order valence-electron chi connectivity index (χ2n) is 7.80. The summed E-state index contributed by atoms with van der Waals surface area (Å²) in [6, 6.07) is 19.3. The van der Waals surface area contributed by atoms with Gasteiger partial charge in [-0.25, -0.2) is 8.42 Å². The number of carbonyl (C=O) groups excluding carboxylic acids is 2. The van der Waals surface area contributed by atoms with Crippen LogP contribution >= 0.6 is 11.6 Å². The predicted molar refractivity (Wildman–Crippen MR) is 130 cm³/mol. The summed E-state index contributed by atoms with van der Waals surface area (Å²) in [5, 5.41) is 3.06. The minimum absolute atomic E-state index is 0.191. The van der Waals surface area contributed by atoms with Gasteiger partial charge in [-0.3, -0.25) is 9.59 Å². The van der Waals surface area contributed by atoms with Crippen LogP contribution in [0.1, 0.15) is 28.8 Å². The summed E-state index contributed by atoms with van der Waals surface area (Å²) in [5.74, 6) is -0.389. The van der Waals surface area contributed by atoms with Crippen molar-refractivity contribution in [2.24, 2.45) is 0 Å². The van der Waals surface area contributed by atoms with Gasteiger partial charge < -0.3 is 10.1 Å². The molecule has 0 radical (unpaired) electrons. The molecule has 1 saturated heterocycles. The van der Waals surface area contributed by atoms with E-state index in [0.29, 0.717) is 35.1 Å². The average Bonchev–Trinajstić information content (AvgIpc) is 3.40. The minimum atomic E-state index is -3.51. The summed E-state index contributed by atoms with van der Waals surface area (Å²) >= 11 is 6.08. The maximum atomic E-state index is 12.9. The topological polar surface area (TPSA) is 92.8 Å². The summed E-state index contributed by atoms with van der Waals surface area (Å²) in [7, 11) is -3.51. The molecule has 3 aromatic carbocycles. The van der Waals surface area contributed by atoms with E-state index in [-0.39, 0.29) is 22.8 Å². The number of hydrogen-bond donors (Lipinski definition) is 1. The molecule has 9 heteroatoms. The van der Waals surface area contributed by atoms with Crippen LogP contribution in [0, 0.1) is 0 Å². The monoisotopic (exact) mass is 498 g/mol. The molecule has 3 aromatic rings. The van der Waals surface area contributed by atoms with Crippen LogP contribution in [-0.2, 0) is 14.8 Å².